The smallest absolute Gasteiger partial charge is 0.0779 e. The molecule has 0 amide bonds. The second kappa shape index (κ2) is 4.59. The summed E-state index contributed by atoms with van der Waals surface area (Å²) in [6.07, 6.45) is 0. The lowest BCUT2D eigenvalue weighted by molar-refractivity contribution is 1.40. The predicted molar refractivity (Wildman–Crippen MR) is 58.9 cm³/mol. The molecule has 0 aliphatic heterocycles. The minimum atomic E-state index is 0.928. The van der Waals surface area contributed by atoms with Crippen LogP contribution in [0.1, 0.15) is 5.56 Å². The number of halogens is 1. The molecule has 11 heavy (non-hydrogen) atoms. The lowest BCUT2D eigenvalue weighted by Crippen LogP contribution is -1.75. The molecule has 1 aromatic carbocycles. The van der Waals surface area contributed by atoms with Gasteiger partial charge in [-0.3, -0.25) is 0 Å². The van der Waals surface area contributed by atoms with Crippen LogP contribution < -0.4 is 0 Å². The monoisotopic (exact) mass is 275 g/mol. The molecule has 0 aliphatic carbocycles. The van der Waals surface area contributed by atoms with Crippen molar-refractivity contribution in [1.82, 2.24) is 0 Å². The van der Waals surface area contributed by atoms with Crippen molar-refractivity contribution in [2.24, 2.45) is 4.99 Å². The summed E-state index contributed by atoms with van der Waals surface area (Å²) in [6.45, 7) is 0. The number of alkyl halides is 1. The van der Waals surface area contributed by atoms with Crippen LogP contribution >= 0.6 is 34.8 Å². The molecule has 0 aromatic heterocycles. The first kappa shape index (κ1) is 8.84. The van der Waals surface area contributed by atoms with E-state index in [9.17, 15) is 0 Å². The second-order valence-corrected chi connectivity index (χ2v) is 2.91. The molecule has 3 heteroatoms. The van der Waals surface area contributed by atoms with Gasteiger partial charge in [-0.25, -0.2) is 0 Å². The van der Waals surface area contributed by atoms with Gasteiger partial charge in [0.05, 0.1) is 10.8 Å². The largest absolute Gasteiger partial charge is 0.194 e. The highest BCUT2D eigenvalue weighted by molar-refractivity contribution is 14.1. The Hall–Kier alpha value is -0.250. The first-order valence-corrected chi connectivity index (χ1v) is 5.03. The number of hydrogen-bond acceptors (Lipinski definition) is 2. The molecular formula is C8H6INS. The summed E-state index contributed by atoms with van der Waals surface area (Å²) >= 11 is 6.82. The molecular weight excluding hydrogens is 269 g/mol. The fourth-order valence-corrected chi connectivity index (χ4v) is 1.53. The van der Waals surface area contributed by atoms with Gasteiger partial charge >= 0.3 is 0 Å². The number of nitrogens with zero attached hydrogens (tertiary/aromatic N) is 1. The quantitative estimate of drug-likeness (QED) is 0.349. The molecule has 1 aromatic rings. The van der Waals surface area contributed by atoms with E-state index in [4.69, 9.17) is 0 Å². The Labute approximate surface area is 84.7 Å². The zero-order valence-corrected chi connectivity index (χ0v) is 8.72. The topological polar surface area (TPSA) is 12.4 Å². The molecule has 0 radical (unpaired) electrons. The molecule has 0 bridgehead atoms. The van der Waals surface area contributed by atoms with E-state index in [0.29, 0.717) is 0 Å². The van der Waals surface area contributed by atoms with Crippen LogP contribution in [0.5, 0.6) is 0 Å². The van der Waals surface area contributed by atoms with E-state index in [1.54, 1.807) is 0 Å². The Kier molecular flexibility index (Phi) is 3.69. The number of hydrogen-bond donors (Lipinski definition) is 0. The highest BCUT2D eigenvalue weighted by Gasteiger charge is 1.95. The van der Waals surface area contributed by atoms with Gasteiger partial charge in [0, 0.05) is 4.43 Å². The normalized spacial score (nSPS) is 8.82. The average molecular weight is 275 g/mol. The first-order valence-electron chi connectivity index (χ1n) is 3.10. The third kappa shape index (κ3) is 2.36. The molecule has 0 fully saturated rings. The SMILES string of the molecule is S=C=Nc1ccccc1CI. The average Bonchev–Trinajstić information content (AvgIpc) is 2.06. The fraction of sp³-hybridized carbons (Fsp3) is 0.125. The Balaban J connectivity index is 3.11. The van der Waals surface area contributed by atoms with Crippen LogP contribution in [0.2, 0.25) is 0 Å². The molecule has 0 unspecified atom stereocenters. The zero-order valence-electron chi connectivity index (χ0n) is 5.75. The number of aliphatic imine (C=N–C) groups is 1. The van der Waals surface area contributed by atoms with Crippen molar-refractivity contribution < 1.29 is 0 Å². The molecule has 0 N–H and O–H groups in total. The van der Waals surface area contributed by atoms with Crippen LogP contribution in [0, 0.1) is 0 Å². The molecule has 0 aliphatic rings. The molecule has 56 valence electrons. The lowest BCUT2D eigenvalue weighted by atomic mass is 10.2. The molecule has 1 nitrogen and oxygen atoms in total. The van der Waals surface area contributed by atoms with Crippen molar-refractivity contribution in [3.63, 3.8) is 0 Å². The van der Waals surface area contributed by atoms with Gasteiger partial charge in [-0.1, -0.05) is 40.8 Å². The van der Waals surface area contributed by atoms with Gasteiger partial charge < -0.3 is 0 Å². The van der Waals surface area contributed by atoms with Crippen LogP contribution in [0.25, 0.3) is 0 Å². The maximum absolute atomic E-state index is 4.52. The van der Waals surface area contributed by atoms with Crippen LogP contribution in [-0.4, -0.2) is 5.16 Å². The lowest BCUT2D eigenvalue weighted by Gasteiger charge is -1.97. The van der Waals surface area contributed by atoms with Gasteiger partial charge in [-0.05, 0) is 23.8 Å². The predicted octanol–water partition coefficient (Wildman–Crippen LogP) is 3.36. The summed E-state index contributed by atoms with van der Waals surface area (Å²) in [5.41, 5.74) is 2.13. The van der Waals surface area contributed by atoms with E-state index in [-0.39, 0.29) is 0 Å². The maximum atomic E-state index is 4.52. The van der Waals surface area contributed by atoms with E-state index >= 15 is 0 Å². The van der Waals surface area contributed by atoms with Crippen molar-refractivity contribution in [3.05, 3.63) is 29.8 Å². The highest BCUT2D eigenvalue weighted by Crippen LogP contribution is 2.20. The van der Waals surface area contributed by atoms with Gasteiger partial charge in [0.15, 0.2) is 0 Å². The molecule has 0 spiro atoms. The Morgan fingerprint density at radius 3 is 2.82 bits per heavy atom. The summed E-state index contributed by atoms with van der Waals surface area (Å²) in [4.78, 5) is 3.94. The Bertz CT molecular complexity index is 292. The standard InChI is InChI=1S/C8H6INS/c9-5-7-3-1-2-4-8(7)10-6-11/h1-4H,5H2. The minimum Gasteiger partial charge on any atom is -0.194 e. The van der Waals surface area contributed by atoms with Crippen molar-refractivity contribution in [1.29, 1.82) is 0 Å². The van der Waals surface area contributed by atoms with E-state index in [1.165, 1.54) is 5.56 Å². The molecule has 0 heterocycles. The number of para-hydroxylation sites is 1. The van der Waals surface area contributed by atoms with Crippen molar-refractivity contribution in [2.45, 2.75) is 4.43 Å². The molecule has 0 saturated carbocycles. The van der Waals surface area contributed by atoms with Gasteiger partial charge in [-0.2, -0.15) is 4.99 Å². The van der Waals surface area contributed by atoms with Crippen molar-refractivity contribution in [2.75, 3.05) is 0 Å². The van der Waals surface area contributed by atoms with Crippen LogP contribution in [0.3, 0.4) is 0 Å². The highest BCUT2D eigenvalue weighted by atomic mass is 127. The van der Waals surface area contributed by atoms with E-state index < -0.39 is 0 Å². The zero-order chi connectivity index (χ0) is 8.10. The molecule has 1 rings (SSSR count). The molecule has 0 saturated heterocycles. The maximum Gasteiger partial charge on any atom is 0.0779 e. The fourth-order valence-electron chi connectivity index (χ4n) is 0.782. The summed E-state index contributed by atoms with van der Waals surface area (Å²) in [5, 5.41) is 2.36. The van der Waals surface area contributed by atoms with Gasteiger partial charge in [0.25, 0.3) is 0 Å². The van der Waals surface area contributed by atoms with Gasteiger partial charge in [0.1, 0.15) is 0 Å². The number of isothiocyanates is 1. The molecule has 0 atom stereocenters. The summed E-state index contributed by atoms with van der Waals surface area (Å²) in [6, 6.07) is 7.92. The number of thiocarbonyl (C=S) groups is 1. The second-order valence-electron chi connectivity index (χ2n) is 1.97. The van der Waals surface area contributed by atoms with Crippen molar-refractivity contribution >= 4 is 45.7 Å². The third-order valence-corrected chi connectivity index (χ3v) is 2.21. The van der Waals surface area contributed by atoms with E-state index in [0.717, 1.165) is 10.1 Å². The third-order valence-electron chi connectivity index (χ3n) is 1.30. The minimum absolute atomic E-state index is 0.928. The summed E-state index contributed by atoms with van der Waals surface area (Å²) in [5.74, 6) is 0. The van der Waals surface area contributed by atoms with Crippen LogP contribution in [0.4, 0.5) is 5.69 Å². The summed E-state index contributed by atoms with van der Waals surface area (Å²) in [7, 11) is 0. The van der Waals surface area contributed by atoms with Crippen LogP contribution in [-0.2, 0) is 4.43 Å². The van der Waals surface area contributed by atoms with Crippen LogP contribution in [0.15, 0.2) is 29.3 Å². The van der Waals surface area contributed by atoms with E-state index in [2.05, 4.69) is 45.0 Å². The number of rotatable bonds is 2. The Morgan fingerprint density at radius 2 is 2.18 bits per heavy atom. The van der Waals surface area contributed by atoms with Gasteiger partial charge in [-0.15, -0.1) is 0 Å². The number of benzene rings is 1. The summed E-state index contributed by atoms with van der Waals surface area (Å²) < 4.78 is 0.953. The first-order chi connectivity index (χ1) is 5.38. The Morgan fingerprint density at radius 1 is 1.45 bits per heavy atom. The van der Waals surface area contributed by atoms with Gasteiger partial charge in [0.2, 0.25) is 0 Å². The van der Waals surface area contributed by atoms with E-state index in [1.807, 2.05) is 24.3 Å². The van der Waals surface area contributed by atoms with Crippen molar-refractivity contribution in [3.8, 4) is 0 Å².